The number of ether oxygens (including phenoxy) is 4. The van der Waals surface area contributed by atoms with Crippen LogP contribution in [0.15, 0.2) is 54.6 Å². The summed E-state index contributed by atoms with van der Waals surface area (Å²) in [6.07, 6.45) is 0.737. The Balaban J connectivity index is 1.35. The number of nitrogens with zero attached hydrogens (tertiary/aromatic N) is 2. The van der Waals surface area contributed by atoms with Gasteiger partial charge in [0.1, 0.15) is 35.5 Å². The van der Waals surface area contributed by atoms with E-state index in [9.17, 15) is 9.59 Å². The quantitative estimate of drug-likeness (QED) is 0.296. The van der Waals surface area contributed by atoms with E-state index in [1.807, 2.05) is 36.4 Å². The smallest absolute Gasteiger partial charge is 0.410 e. The minimum atomic E-state index is -0.358. The van der Waals surface area contributed by atoms with Gasteiger partial charge in [0.25, 0.3) is 5.91 Å². The molecule has 4 aromatic rings. The Labute approximate surface area is 241 Å². The van der Waals surface area contributed by atoms with Crippen molar-refractivity contribution in [3.05, 3.63) is 70.7 Å². The number of para-hydroxylation sites is 1. The molecule has 2 aliphatic heterocycles. The summed E-state index contributed by atoms with van der Waals surface area (Å²) in [6, 6.07) is 16.6. The van der Waals surface area contributed by atoms with Crippen molar-refractivity contribution in [3.8, 4) is 28.8 Å². The second kappa shape index (κ2) is 11.2. The molecule has 2 aromatic carbocycles. The zero-order valence-electron chi connectivity index (χ0n) is 22.6. The summed E-state index contributed by atoms with van der Waals surface area (Å²) < 4.78 is 22.9. The number of pyridine rings is 1. The number of hydrogen-bond acceptors (Lipinski definition) is 7. The fraction of sp³-hybridized carbons (Fsp3) is 0.300. The summed E-state index contributed by atoms with van der Waals surface area (Å²) in [5.41, 5.74) is 3.13. The predicted octanol–water partition coefficient (Wildman–Crippen LogP) is 5.19. The van der Waals surface area contributed by atoms with Crippen molar-refractivity contribution in [1.82, 2.24) is 20.2 Å². The minimum Gasteiger partial charge on any atom is -0.495 e. The standard InChI is InChI=1S/C30H29ClN4O6/c1-38-24-5-3-4-18-12-23(33-26(18)24)27-25(41-21-10-11-35-20(13-21)16-40-30(35)37)14-22(29(34-27)39-2)28(36)32-15-17-6-8-19(31)9-7-17/h3-9,12,14,20-21,33H,10-11,13,15-16H2,1-2H3,(H,32,36)/t20-,21-/m0/s1. The average molecular weight is 577 g/mol. The number of cyclic esters (lactones) is 1. The van der Waals surface area contributed by atoms with E-state index >= 15 is 0 Å². The van der Waals surface area contributed by atoms with Crippen LogP contribution in [0.25, 0.3) is 22.3 Å². The van der Waals surface area contributed by atoms with E-state index < -0.39 is 0 Å². The molecule has 0 bridgehead atoms. The molecule has 2 N–H and O–H groups in total. The van der Waals surface area contributed by atoms with Crippen LogP contribution in [0.1, 0.15) is 28.8 Å². The van der Waals surface area contributed by atoms with Gasteiger partial charge >= 0.3 is 6.09 Å². The number of carbonyl (C=O) groups is 2. The highest BCUT2D eigenvalue weighted by molar-refractivity contribution is 6.30. The molecule has 0 radical (unpaired) electrons. The van der Waals surface area contributed by atoms with Crippen LogP contribution in [-0.4, -0.2) is 66.4 Å². The fourth-order valence-electron chi connectivity index (χ4n) is 5.33. The second-order valence-electron chi connectivity index (χ2n) is 10.00. The van der Waals surface area contributed by atoms with Gasteiger partial charge < -0.3 is 34.1 Å². The number of benzene rings is 2. The number of nitrogens with one attached hydrogen (secondary N) is 2. The average Bonchev–Trinajstić information content (AvgIpc) is 3.59. The Morgan fingerprint density at radius 1 is 1.15 bits per heavy atom. The molecular formula is C30H29ClN4O6. The Hall–Kier alpha value is -4.44. The summed E-state index contributed by atoms with van der Waals surface area (Å²) in [5, 5.41) is 4.49. The molecule has 4 heterocycles. The first-order valence-corrected chi connectivity index (χ1v) is 13.7. The van der Waals surface area contributed by atoms with Crippen LogP contribution < -0.4 is 19.5 Å². The normalized spacial score (nSPS) is 18.1. The van der Waals surface area contributed by atoms with Crippen molar-refractivity contribution in [1.29, 1.82) is 0 Å². The zero-order chi connectivity index (χ0) is 28.5. The number of aromatic amines is 1. The SMILES string of the molecule is COc1nc(-c2cc3cccc(OC)c3[nH]2)c(O[C@H]2CCN3C(=O)OC[C@@H]3C2)cc1C(=O)NCc1ccc(Cl)cc1. The van der Waals surface area contributed by atoms with Crippen molar-refractivity contribution in [3.63, 3.8) is 0 Å². The molecule has 11 heteroatoms. The molecule has 0 saturated carbocycles. The van der Waals surface area contributed by atoms with Crippen molar-refractivity contribution in [2.75, 3.05) is 27.4 Å². The molecule has 6 rings (SSSR count). The van der Waals surface area contributed by atoms with E-state index in [2.05, 4.69) is 10.3 Å². The van der Waals surface area contributed by atoms with Gasteiger partial charge in [-0.15, -0.1) is 0 Å². The van der Waals surface area contributed by atoms with Crippen molar-refractivity contribution >= 4 is 34.5 Å². The lowest BCUT2D eigenvalue weighted by Crippen LogP contribution is -2.44. The van der Waals surface area contributed by atoms with Crippen molar-refractivity contribution in [2.45, 2.75) is 31.5 Å². The zero-order valence-corrected chi connectivity index (χ0v) is 23.4. The number of amides is 2. The predicted molar refractivity (Wildman–Crippen MR) is 153 cm³/mol. The molecule has 0 spiro atoms. The van der Waals surface area contributed by atoms with Gasteiger partial charge in [0, 0.05) is 42.4 Å². The minimum absolute atomic E-state index is 0.0459. The molecule has 41 heavy (non-hydrogen) atoms. The maximum Gasteiger partial charge on any atom is 0.410 e. The number of halogens is 1. The van der Waals surface area contributed by atoms with Crippen LogP contribution >= 0.6 is 11.6 Å². The van der Waals surface area contributed by atoms with Gasteiger partial charge in [0.15, 0.2) is 0 Å². The third-order valence-electron chi connectivity index (χ3n) is 7.44. The molecule has 212 valence electrons. The van der Waals surface area contributed by atoms with E-state index in [0.717, 1.165) is 16.5 Å². The molecule has 2 aliphatic rings. The van der Waals surface area contributed by atoms with Gasteiger partial charge in [-0.3, -0.25) is 4.79 Å². The fourth-order valence-corrected chi connectivity index (χ4v) is 5.46. The van der Waals surface area contributed by atoms with E-state index in [0.29, 0.717) is 60.4 Å². The summed E-state index contributed by atoms with van der Waals surface area (Å²) in [7, 11) is 3.09. The topological polar surface area (TPSA) is 115 Å². The third kappa shape index (κ3) is 5.35. The van der Waals surface area contributed by atoms with E-state index in [-0.39, 0.29) is 35.6 Å². The molecular weight excluding hydrogens is 548 g/mol. The van der Waals surface area contributed by atoms with Gasteiger partial charge in [-0.05, 0) is 29.8 Å². The maximum atomic E-state index is 13.4. The first-order chi connectivity index (χ1) is 19.9. The third-order valence-corrected chi connectivity index (χ3v) is 7.70. The van der Waals surface area contributed by atoms with Gasteiger partial charge in [-0.2, -0.15) is 0 Å². The number of piperidine rings is 1. The first-order valence-electron chi connectivity index (χ1n) is 13.3. The Morgan fingerprint density at radius 3 is 2.76 bits per heavy atom. The molecule has 2 amide bonds. The van der Waals surface area contributed by atoms with Crippen molar-refractivity contribution < 1.29 is 28.5 Å². The lowest BCUT2D eigenvalue weighted by molar-refractivity contribution is 0.0913. The number of fused-ring (bicyclic) bond motifs is 2. The summed E-state index contributed by atoms with van der Waals surface area (Å²) in [6.45, 7) is 1.17. The maximum absolute atomic E-state index is 13.4. The highest BCUT2D eigenvalue weighted by Gasteiger charge is 2.39. The monoisotopic (exact) mass is 576 g/mol. The number of hydrogen-bond donors (Lipinski definition) is 2. The van der Waals surface area contributed by atoms with Crippen LogP contribution in [0, 0.1) is 0 Å². The van der Waals surface area contributed by atoms with E-state index in [4.69, 9.17) is 35.5 Å². The summed E-state index contributed by atoms with van der Waals surface area (Å²) >= 11 is 5.99. The highest BCUT2D eigenvalue weighted by Crippen LogP contribution is 2.38. The van der Waals surface area contributed by atoms with E-state index in [1.54, 1.807) is 30.2 Å². The number of methoxy groups -OCH3 is 2. The molecule has 2 fully saturated rings. The number of rotatable bonds is 8. The van der Waals surface area contributed by atoms with Gasteiger partial charge in [-0.1, -0.05) is 35.9 Å². The summed E-state index contributed by atoms with van der Waals surface area (Å²) in [4.78, 5) is 35.3. The van der Waals surface area contributed by atoms with Crippen LogP contribution in [0.5, 0.6) is 17.4 Å². The molecule has 2 saturated heterocycles. The number of H-pyrrole nitrogens is 1. The van der Waals surface area contributed by atoms with Crippen LogP contribution in [0.2, 0.25) is 5.02 Å². The largest absolute Gasteiger partial charge is 0.495 e. The molecule has 0 unspecified atom stereocenters. The second-order valence-corrected chi connectivity index (χ2v) is 10.4. The Kier molecular flexibility index (Phi) is 7.32. The van der Waals surface area contributed by atoms with Crippen LogP contribution in [-0.2, 0) is 11.3 Å². The van der Waals surface area contributed by atoms with Gasteiger partial charge in [0.2, 0.25) is 5.88 Å². The first kappa shape index (κ1) is 26.8. The van der Waals surface area contributed by atoms with Gasteiger partial charge in [-0.25, -0.2) is 9.78 Å². The highest BCUT2D eigenvalue weighted by atomic mass is 35.5. The van der Waals surface area contributed by atoms with Crippen LogP contribution in [0.3, 0.4) is 0 Å². The Morgan fingerprint density at radius 2 is 1.98 bits per heavy atom. The van der Waals surface area contributed by atoms with Crippen molar-refractivity contribution in [2.24, 2.45) is 0 Å². The van der Waals surface area contributed by atoms with E-state index in [1.165, 1.54) is 7.11 Å². The molecule has 10 nitrogen and oxygen atoms in total. The van der Waals surface area contributed by atoms with Gasteiger partial charge in [0.05, 0.1) is 31.5 Å². The Bertz CT molecular complexity index is 1600. The number of carbonyl (C=O) groups excluding carboxylic acids is 2. The lowest BCUT2D eigenvalue weighted by Gasteiger charge is -2.32. The summed E-state index contributed by atoms with van der Waals surface area (Å²) in [5.74, 6) is 0.927. The molecule has 0 aliphatic carbocycles. The molecule has 2 atom stereocenters. The number of aromatic nitrogens is 2. The lowest BCUT2D eigenvalue weighted by atomic mass is 10.0. The molecule has 2 aromatic heterocycles. The van der Waals surface area contributed by atoms with Crippen LogP contribution in [0.4, 0.5) is 4.79 Å².